The number of rotatable bonds is 3. The lowest BCUT2D eigenvalue weighted by Gasteiger charge is -2.11. The van der Waals surface area contributed by atoms with E-state index in [1.165, 1.54) is 122 Å². The Morgan fingerprint density at radius 2 is 0.439 bits per heavy atom. The van der Waals surface area contributed by atoms with Crippen LogP contribution in [-0.4, -0.2) is 0 Å². The molecule has 7 aromatic carbocycles. The van der Waals surface area contributed by atoms with Crippen LogP contribution in [0.4, 0.5) is 0 Å². The van der Waals surface area contributed by atoms with Crippen molar-refractivity contribution >= 4 is 10.8 Å². The summed E-state index contributed by atoms with van der Waals surface area (Å²) in [5.41, 5.74) is 27.4. The average Bonchev–Trinajstić information content (AvgIpc) is 3.16. The predicted octanol–water partition coefficient (Wildman–Crippen LogP) is 16.1. The van der Waals surface area contributed by atoms with Crippen LogP contribution in [0.5, 0.6) is 0 Å². The highest BCUT2D eigenvalue weighted by atomic mass is 14.1. The van der Waals surface area contributed by atoms with Crippen molar-refractivity contribution in [1.82, 2.24) is 0 Å². The number of aryl methyl sites for hydroxylation is 16. The summed E-state index contributed by atoms with van der Waals surface area (Å²) in [5, 5.41) is 2.87. The summed E-state index contributed by atoms with van der Waals surface area (Å²) in [7, 11) is 0. The molecule has 0 heterocycles. The SMILES string of the molecule is Cc1cc(C)c(C)cc1C.Cc1ccc(-c2ccc(C)c(C)c2)cc1C.Cc1ccc(C)c2c(C)ccc(C)c12.Cc1ccc(Cc2ccc(C)c(C)c2)cc1C. The first-order valence-corrected chi connectivity index (χ1v) is 20.6. The van der Waals surface area contributed by atoms with Crippen molar-refractivity contribution in [3.8, 4) is 11.1 Å². The maximum absolute atomic E-state index is 2.30. The van der Waals surface area contributed by atoms with E-state index in [0.717, 1.165) is 6.42 Å². The van der Waals surface area contributed by atoms with Crippen molar-refractivity contribution < 1.29 is 0 Å². The Balaban J connectivity index is 0.000000171. The minimum Gasteiger partial charge on any atom is -0.0588 e. The van der Waals surface area contributed by atoms with Crippen LogP contribution in [0.1, 0.15) is 100 Å². The third kappa shape index (κ3) is 11.9. The van der Waals surface area contributed by atoms with E-state index in [2.05, 4.69) is 220 Å². The van der Waals surface area contributed by atoms with Crippen molar-refractivity contribution in [3.63, 3.8) is 0 Å². The molecule has 296 valence electrons. The van der Waals surface area contributed by atoms with Crippen LogP contribution >= 0.6 is 0 Å². The summed E-state index contributed by atoms with van der Waals surface area (Å²) in [6.45, 7) is 34.7. The zero-order chi connectivity index (χ0) is 42.1. The zero-order valence-electron chi connectivity index (χ0n) is 38.1. The molecule has 0 aliphatic heterocycles. The summed E-state index contributed by atoms with van der Waals surface area (Å²) in [4.78, 5) is 0. The van der Waals surface area contributed by atoms with Crippen LogP contribution in [0.3, 0.4) is 0 Å². The molecule has 0 aliphatic rings. The first-order valence-electron chi connectivity index (χ1n) is 20.6. The Labute approximate surface area is 347 Å². The second-order valence-corrected chi connectivity index (χ2v) is 16.8. The Kier molecular flexibility index (Phi) is 15.5. The molecule has 7 rings (SSSR count). The van der Waals surface area contributed by atoms with Gasteiger partial charge in [0.15, 0.2) is 0 Å². The molecule has 0 amide bonds. The molecule has 0 nitrogen and oxygen atoms in total. The van der Waals surface area contributed by atoms with Crippen LogP contribution in [0.25, 0.3) is 21.9 Å². The lowest BCUT2D eigenvalue weighted by atomic mass is 9.94. The van der Waals surface area contributed by atoms with Gasteiger partial charge in [-0.25, -0.2) is 0 Å². The normalized spacial score (nSPS) is 10.5. The molecular weight excluding hydrogens is 685 g/mol. The molecule has 57 heavy (non-hydrogen) atoms. The van der Waals surface area contributed by atoms with Gasteiger partial charge in [0.1, 0.15) is 0 Å². The zero-order valence-corrected chi connectivity index (χ0v) is 38.1. The molecule has 0 bridgehead atoms. The van der Waals surface area contributed by atoms with Gasteiger partial charge in [-0.05, 0) is 239 Å². The Morgan fingerprint density at radius 1 is 0.211 bits per heavy atom. The molecule has 0 fully saturated rings. The van der Waals surface area contributed by atoms with E-state index in [9.17, 15) is 0 Å². The van der Waals surface area contributed by atoms with Crippen LogP contribution in [0, 0.1) is 111 Å². The second kappa shape index (κ2) is 19.8. The summed E-state index contributed by atoms with van der Waals surface area (Å²) in [6.07, 6.45) is 1.03. The molecule has 0 aliphatic carbocycles. The second-order valence-electron chi connectivity index (χ2n) is 16.8. The highest BCUT2D eigenvalue weighted by Gasteiger charge is 2.06. The molecule has 0 heteroatoms. The quantitative estimate of drug-likeness (QED) is 0.169. The standard InChI is InChI=1S/C17H20.C16H18.C14H16.C10H14/c1-12-5-7-16(9-14(12)3)11-17-8-6-13(2)15(4)10-17;1-11-5-7-15(9-13(11)3)16-8-6-12(2)14(4)10-16;1-9-5-6-11(3)14-12(4)8-7-10(2)13(9)14;1-7-5-9(3)10(4)6-8(7)2/h5-10H,11H2,1-4H3;5-10H,1-4H3;5-8H,1-4H3;5-6H,1-4H3. The number of hydrogen-bond acceptors (Lipinski definition) is 0. The Hall–Kier alpha value is -5.20. The first kappa shape index (κ1) is 44.5. The van der Waals surface area contributed by atoms with E-state index in [0.29, 0.717) is 0 Å². The van der Waals surface area contributed by atoms with Gasteiger partial charge in [-0.15, -0.1) is 0 Å². The maximum Gasteiger partial charge on any atom is -0.00256 e. The molecule has 0 spiro atoms. The van der Waals surface area contributed by atoms with E-state index in [-0.39, 0.29) is 0 Å². The van der Waals surface area contributed by atoms with Crippen LogP contribution in [0.2, 0.25) is 0 Å². The smallest absolute Gasteiger partial charge is 0.00256 e. The van der Waals surface area contributed by atoms with E-state index >= 15 is 0 Å². The van der Waals surface area contributed by atoms with Gasteiger partial charge in [-0.2, -0.15) is 0 Å². The fourth-order valence-electron chi connectivity index (χ4n) is 7.25. The van der Waals surface area contributed by atoms with Crippen molar-refractivity contribution in [2.75, 3.05) is 0 Å². The van der Waals surface area contributed by atoms with E-state index < -0.39 is 0 Å². The predicted molar refractivity (Wildman–Crippen MR) is 254 cm³/mol. The average molecular weight is 753 g/mol. The number of hydrogen-bond donors (Lipinski definition) is 0. The van der Waals surface area contributed by atoms with E-state index in [4.69, 9.17) is 0 Å². The van der Waals surface area contributed by atoms with Crippen molar-refractivity contribution in [3.05, 3.63) is 209 Å². The molecule has 0 atom stereocenters. The topological polar surface area (TPSA) is 0 Å². The number of benzene rings is 7. The van der Waals surface area contributed by atoms with Crippen molar-refractivity contribution in [2.24, 2.45) is 0 Å². The number of fused-ring (bicyclic) bond motifs is 1. The van der Waals surface area contributed by atoms with Gasteiger partial charge in [0, 0.05) is 0 Å². The summed E-state index contributed by atoms with van der Waals surface area (Å²) in [5.74, 6) is 0. The lowest BCUT2D eigenvalue weighted by molar-refractivity contribution is 1.15. The van der Waals surface area contributed by atoms with Crippen molar-refractivity contribution in [1.29, 1.82) is 0 Å². The first-order chi connectivity index (χ1) is 26.9. The molecule has 0 unspecified atom stereocenters. The summed E-state index contributed by atoms with van der Waals surface area (Å²) < 4.78 is 0. The van der Waals surface area contributed by atoms with Gasteiger partial charge in [-0.1, -0.05) is 109 Å². The highest BCUT2D eigenvalue weighted by Crippen LogP contribution is 2.28. The monoisotopic (exact) mass is 753 g/mol. The molecule has 0 saturated carbocycles. The van der Waals surface area contributed by atoms with Crippen molar-refractivity contribution in [2.45, 2.75) is 117 Å². The third-order valence-corrected chi connectivity index (χ3v) is 12.0. The minimum absolute atomic E-state index is 1.03. The Morgan fingerprint density at radius 3 is 0.702 bits per heavy atom. The van der Waals surface area contributed by atoms with E-state index in [1.54, 1.807) is 0 Å². The molecule has 7 aromatic rings. The molecule has 0 radical (unpaired) electrons. The fourth-order valence-corrected chi connectivity index (χ4v) is 7.25. The maximum atomic E-state index is 2.30. The largest absolute Gasteiger partial charge is 0.0588 e. The third-order valence-electron chi connectivity index (χ3n) is 12.0. The lowest BCUT2D eigenvalue weighted by Crippen LogP contribution is -1.92. The van der Waals surface area contributed by atoms with Gasteiger partial charge < -0.3 is 0 Å². The Bertz CT molecular complexity index is 2250. The summed E-state index contributed by atoms with van der Waals surface area (Å²) in [6, 6.07) is 40.1. The molecular formula is C57H68. The minimum atomic E-state index is 1.03. The van der Waals surface area contributed by atoms with Crippen LogP contribution < -0.4 is 0 Å². The fraction of sp³-hybridized carbons (Fsp3) is 0.298. The molecule has 0 aromatic heterocycles. The van der Waals surface area contributed by atoms with Gasteiger partial charge in [0.2, 0.25) is 0 Å². The highest BCUT2D eigenvalue weighted by molar-refractivity contribution is 5.93. The van der Waals surface area contributed by atoms with E-state index in [1.807, 2.05) is 0 Å². The van der Waals surface area contributed by atoms with Gasteiger partial charge in [-0.3, -0.25) is 0 Å². The van der Waals surface area contributed by atoms with Gasteiger partial charge in [0.25, 0.3) is 0 Å². The molecule has 0 N–H and O–H groups in total. The van der Waals surface area contributed by atoms with Crippen LogP contribution in [0.15, 0.2) is 109 Å². The van der Waals surface area contributed by atoms with Gasteiger partial charge >= 0.3 is 0 Å². The summed E-state index contributed by atoms with van der Waals surface area (Å²) >= 11 is 0. The van der Waals surface area contributed by atoms with Gasteiger partial charge in [0.05, 0.1) is 0 Å². The van der Waals surface area contributed by atoms with Crippen LogP contribution in [-0.2, 0) is 6.42 Å². The molecule has 0 saturated heterocycles.